The number of anilines is 1. The van der Waals surface area contributed by atoms with Gasteiger partial charge in [-0.15, -0.1) is 0 Å². The first-order valence-corrected chi connectivity index (χ1v) is 6.48. The number of nitrogens with zero attached hydrogens (tertiary/aromatic N) is 3. The highest BCUT2D eigenvalue weighted by atomic mass is 16.6. The van der Waals surface area contributed by atoms with Crippen molar-refractivity contribution in [3.63, 3.8) is 0 Å². The summed E-state index contributed by atoms with van der Waals surface area (Å²) in [4.78, 5) is 23.6. The van der Waals surface area contributed by atoms with Crippen molar-refractivity contribution >= 4 is 23.4 Å². The van der Waals surface area contributed by atoms with Crippen LogP contribution in [0.1, 0.15) is 18.4 Å². The fraction of sp³-hybridized carbons (Fsp3) is 0.286. The lowest BCUT2D eigenvalue weighted by Gasteiger charge is -2.20. The maximum atomic E-state index is 11.2. The van der Waals surface area contributed by atoms with Crippen LogP contribution in [0.25, 0.3) is 6.08 Å². The van der Waals surface area contributed by atoms with E-state index in [4.69, 9.17) is 11.0 Å². The smallest absolute Gasteiger partial charge is 0.270 e. The molecule has 0 aromatic heterocycles. The van der Waals surface area contributed by atoms with E-state index in [0.29, 0.717) is 5.56 Å². The van der Waals surface area contributed by atoms with Gasteiger partial charge in [0.05, 0.1) is 4.92 Å². The highest BCUT2D eigenvalue weighted by molar-refractivity contribution is 6.01. The third-order valence-electron chi connectivity index (χ3n) is 3.35. The lowest BCUT2D eigenvalue weighted by atomic mass is 10.1. The molecule has 2 rings (SSSR count). The van der Waals surface area contributed by atoms with Gasteiger partial charge in [0.1, 0.15) is 11.6 Å². The molecule has 0 radical (unpaired) electrons. The summed E-state index contributed by atoms with van der Waals surface area (Å²) in [6.07, 6.45) is 3.39. The van der Waals surface area contributed by atoms with Crippen molar-refractivity contribution < 1.29 is 9.72 Å². The molecular weight excluding hydrogens is 272 g/mol. The van der Waals surface area contributed by atoms with Crippen LogP contribution in [0.15, 0.2) is 23.8 Å². The van der Waals surface area contributed by atoms with Crippen molar-refractivity contribution in [2.75, 3.05) is 18.0 Å². The van der Waals surface area contributed by atoms with E-state index in [0.717, 1.165) is 31.6 Å². The molecule has 1 amide bonds. The first kappa shape index (κ1) is 14.5. The van der Waals surface area contributed by atoms with Crippen LogP contribution in [0.2, 0.25) is 0 Å². The van der Waals surface area contributed by atoms with Gasteiger partial charge in [-0.05, 0) is 25.0 Å². The zero-order valence-corrected chi connectivity index (χ0v) is 11.3. The van der Waals surface area contributed by atoms with E-state index in [2.05, 4.69) is 4.90 Å². The summed E-state index contributed by atoms with van der Waals surface area (Å²) in [5, 5.41) is 19.8. The summed E-state index contributed by atoms with van der Waals surface area (Å²) in [6, 6.07) is 6.13. The van der Waals surface area contributed by atoms with Gasteiger partial charge in [-0.1, -0.05) is 0 Å². The Hall–Kier alpha value is -2.88. The summed E-state index contributed by atoms with van der Waals surface area (Å²) in [5.41, 5.74) is 6.03. The summed E-state index contributed by atoms with van der Waals surface area (Å²) in [7, 11) is 0. The Kier molecular flexibility index (Phi) is 4.18. The third-order valence-corrected chi connectivity index (χ3v) is 3.35. The predicted octanol–water partition coefficient (Wildman–Crippen LogP) is 1.59. The number of nitro benzene ring substituents is 1. The molecule has 1 aromatic carbocycles. The number of amides is 1. The molecule has 2 N–H and O–H groups in total. The van der Waals surface area contributed by atoms with Crippen molar-refractivity contribution in [1.82, 2.24) is 0 Å². The quantitative estimate of drug-likeness (QED) is 0.391. The molecule has 0 saturated carbocycles. The number of rotatable bonds is 4. The SMILES string of the molecule is N#C/C(=C\c1cc([N+](=O)[O-])ccc1N1CCCC1)C(N)=O. The van der Waals surface area contributed by atoms with E-state index in [1.54, 1.807) is 12.1 Å². The van der Waals surface area contributed by atoms with E-state index in [9.17, 15) is 14.9 Å². The van der Waals surface area contributed by atoms with Gasteiger partial charge in [0.25, 0.3) is 11.6 Å². The number of hydrogen-bond acceptors (Lipinski definition) is 5. The van der Waals surface area contributed by atoms with Gasteiger partial charge in [0.2, 0.25) is 0 Å². The summed E-state index contributed by atoms with van der Waals surface area (Å²) in [5.74, 6) is -0.851. The molecule has 7 nitrogen and oxygen atoms in total. The largest absolute Gasteiger partial charge is 0.371 e. The number of hydrogen-bond donors (Lipinski definition) is 1. The van der Waals surface area contributed by atoms with Crippen LogP contribution in [-0.4, -0.2) is 23.9 Å². The van der Waals surface area contributed by atoms with Gasteiger partial charge in [0.15, 0.2) is 0 Å². The molecule has 21 heavy (non-hydrogen) atoms. The minimum absolute atomic E-state index is 0.0917. The van der Waals surface area contributed by atoms with Gasteiger partial charge in [0, 0.05) is 36.5 Å². The molecule has 1 aliphatic heterocycles. The average molecular weight is 286 g/mol. The minimum Gasteiger partial charge on any atom is -0.371 e. The van der Waals surface area contributed by atoms with Crippen LogP contribution in [0.4, 0.5) is 11.4 Å². The minimum atomic E-state index is -0.851. The Morgan fingerprint density at radius 3 is 2.62 bits per heavy atom. The molecule has 0 aliphatic carbocycles. The fourth-order valence-electron chi connectivity index (χ4n) is 2.33. The normalized spacial score (nSPS) is 14.8. The second kappa shape index (κ2) is 6.05. The number of nitro groups is 1. The highest BCUT2D eigenvalue weighted by Gasteiger charge is 2.18. The molecule has 7 heteroatoms. The van der Waals surface area contributed by atoms with Crippen molar-refractivity contribution in [2.45, 2.75) is 12.8 Å². The van der Waals surface area contributed by atoms with Crippen LogP contribution in [-0.2, 0) is 4.79 Å². The first-order chi connectivity index (χ1) is 10.0. The molecule has 1 aliphatic rings. The van der Waals surface area contributed by atoms with Crippen molar-refractivity contribution in [1.29, 1.82) is 5.26 Å². The Morgan fingerprint density at radius 1 is 1.43 bits per heavy atom. The molecule has 0 bridgehead atoms. The van der Waals surface area contributed by atoms with E-state index >= 15 is 0 Å². The fourth-order valence-corrected chi connectivity index (χ4v) is 2.33. The Bertz CT molecular complexity index is 655. The number of carbonyl (C=O) groups excluding carboxylic acids is 1. The monoisotopic (exact) mass is 286 g/mol. The van der Waals surface area contributed by atoms with Crippen LogP contribution in [0, 0.1) is 21.4 Å². The zero-order valence-electron chi connectivity index (χ0n) is 11.3. The van der Waals surface area contributed by atoms with E-state index < -0.39 is 10.8 Å². The molecule has 0 atom stereocenters. The lowest BCUT2D eigenvalue weighted by molar-refractivity contribution is -0.384. The topological polar surface area (TPSA) is 113 Å². The Labute approximate surface area is 121 Å². The second-order valence-electron chi connectivity index (χ2n) is 4.73. The second-order valence-corrected chi connectivity index (χ2v) is 4.73. The summed E-state index contributed by atoms with van der Waals surface area (Å²) in [6.45, 7) is 1.69. The van der Waals surface area contributed by atoms with E-state index in [1.165, 1.54) is 18.2 Å². The number of non-ortho nitro benzene ring substituents is 1. The highest BCUT2D eigenvalue weighted by Crippen LogP contribution is 2.29. The predicted molar refractivity (Wildman–Crippen MR) is 77.3 cm³/mol. The Balaban J connectivity index is 2.53. The molecule has 1 fully saturated rings. The zero-order chi connectivity index (χ0) is 15.4. The maximum absolute atomic E-state index is 11.2. The molecule has 108 valence electrons. The van der Waals surface area contributed by atoms with Crippen LogP contribution < -0.4 is 10.6 Å². The number of nitrogens with two attached hydrogens (primary N) is 1. The number of carbonyl (C=O) groups is 1. The molecular formula is C14H14N4O3. The summed E-state index contributed by atoms with van der Waals surface area (Å²) >= 11 is 0. The Morgan fingerprint density at radius 2 is 2.10 bits per heavy atom. The lowest BCUT2D eigenvalue weighted by Crippen LogP contribution is -2.19. The number of benzene rings is 1. The molecule has 0 unspecified atom stereocenters. The van der Waals surface area contributed by atoms with Gasteiger partial charge >= 0.3 is 0 Å². The standard InChI is InChI=1S/C14H14N4O3/c15-9-11(14(16)19)7-10-8-12(18(20)21)3-4-13(10)17-5-1-2-6-17/h3-4,7-8H,1-2,5-6H2,(H2,16,19)/b11-7+. The van der Waals surface area contributed by atoms with Crippen molar-refractivity contribution in [2.24, 2.45) is 5.73 Å². The molecule has 1 heterocycles. The maximum Gasteiger partial charge on any atom is 0.270 e. The summed E-state index contributed by atoms with van der Waals surface area (Å²) < 4.78 is 0. The van der Waals surface area contributed by atoms with E-state index in [-0.39, 0.29) is 11.3 Å². The first-order valence-electron chi connectivity index (χ1n) is 6.48. The molecule has 1 aromatic rings. The van der Waals surface area contributed by atoms with Gasteiger partial charge in [-0.2, -0.15) is 5.26 Å². The number of primary amides is 1. The molecule has 1 saturated heterocycles. The van der Waals surface area contributed by atoms with Crippen LogP contribution in [0.5, 0.6) is 0 Å². The van der Waals surface area contributed by atoms with E-state index in [1.807, 2.05) is 0 Å². The van der Waals surface area contributed by atoms with Gasteiger partial charge < -0.3 is 10.6 Å². The average Bonchev–Trinajstić information content (AvgIpc) is 2.98. The van der Waals surface area contributed by atoms with Crippen molar-refractivity contribution in [3.8, 4) is 6.07 Å². The van der Waals surface area contributed by atoms with Crippen molar-refractivity contribution in [3.05, 3.63) is 39.4 Å². The van der Waals surface area contributed by atoms with Crippen LogP contribution >= 0.6 is 0 Å². The van der Waals surface area contributed by atoms with Gasteiger partial charge in [-0.3, -0.25) is 14.9 Å². The van der Waals surface area contributed by atoms with Gasteiger partial charge in [-0.25, -0.2) is 0 Å². The number of nitriles is 1. The molecule has 0 spiro atoms. The third kappa shape index (κ3) is 3.17. The van der Waals surface area contributed by atoms with Crippen LogP contribution in [0.3, 0.4) is 0 Å².